The predicted molar refractivity (Wildman–Crippen MR) is 83.8 cm³/mol. The van der Waals surface area contributed by atoms with Crippen LogP contribution in [-0.4, -0.2) is 13.1 Å². The van der Waals surface area contributed by atoms with Crippen molar-refractivity contribution in [2.75, 3.05) is 7.11 Å². The normalized spacial score (nSPS) is 10.8. The van der Waals surface area contributed by atoms with E-state index < -0.39 is 12.4 Å². The first-order chi connectivity index (χ1) is 10.5. The zero-order valence-corrected chi connectivity index (χ0v) is 13.3. The maximum absolute atomic E-state index is 13.2. The highest BCUT2D eigenvalue weighted by Gasteiger charge is 2.21. The first-order valence-corrected chi connectivity index (χ1v) is 7.76. The van der Waals surface area contributed by atoms with Gasteiger partial charge in [-0.25, -0.2) is 13.6 Å². The highest BCUT2D eigenvalue weighted by atomic mass is 35.5. The maximum atomic E-state index is 13.2. The van der Waals surface area contributed by atoms with Gasteiger partial charge in [0.15, 0.2) is 0 Å². The monoisotopic (exact) mass is 342 g/mol. The molecule has 0 aliphatic carbocycles. The molecule has 2 rings (SSSR count). The van der Waals surface area contributed by atoms with Gasteiger partial charge in [-0.15, -0.1) is 11.8 Å². The summed E-state index contributed by atoms with van der Waals surface area (Å²) in [6.45, 7) is 0. The van der Waals surface area contributed by atoms with Crippen LogP contribution in [0.3, 0.4) is 0 Å². The Balaban J connectivity index is 2.34. The summed E-state index contributed by atoms with van der Waals surface area (Å²) in [5.74, 6) is -0.106. The number of esters is 1. The second-order valence-corrected chi connectivity index (χ2v) is 5.86. The van der Waals surface area contributed by atoms with Crippen LogP contribution >= 0.6 is 23.4 Å². The molecule has 22 heavy (non-hydrogen) atoms. The van der Waals surface area contributed by atoms with E-state index in [1.54, 1.807) is 0 Å². The zero-order valence-electron chi connectivity index (χ0n) is 11.7. The van der Waals surface area contributed by atoms with Gasteiger partial charge in [-0.2, -0.15) is 0 Å². The number of ether oxygens (including phenoxy) is 1. The van der Waals surface area contributed by atoms with Crippen molar-refractivity contribution in [1.29, 1.82) is 0 Å². The predicted octanol–water partition coefficient (Wildman–Crippen LogP) is 5.36. The minimum Gasteiger partial charge on any atom is -0.465 e. The average Bonchev–Trinajstić information content (AvgIpc) is 2.52. The van der Waals surface area contributed by atoms with Crippen LogP contribution in [0.1, 0.15) is 27.9 Å². The van der Waals surface area contributed by atoms with Crippen LogP contribution in [0, 0.1) is 0 Å². The molecule has 0 bridgehead atoms. The molecule has 2 aromatic rings. The fraction of sp³-hybridized carbons (Fsp3) is 0.188. The van der Waals surface area contributed by atoms with Gasteiger partial charge in [-0.05, 0) is 17.7 Å². The van der Waals surface area contributed by atoms with Gasteiger partial charge in [0.1, 0.15) is 0 Å². The molecule has 116 valence electrons. The van der Waals surface area contributed by atoms with Crippen LogP contribution < -0.4 is 0 Å². The molecule has 0 amide bonds. The van der Waals surface area contributed by atoms with Crippen LogP contribution in [0.2, 0.25) is 5.02 Å². The Bertz CT molecular complexity index is 663. The lowest BCUT2D eigenvalue weighted by Crippen LogP contribution is -2.03. The van der Waals surface area contributed by atoms with Crippen molar-refractivity contribution >= 4 is 29.3 Å². The summed E-state index contributed by atoms with van der Waals surface area (Å²) in [6, 6.07) is 12.0. The first kappa shape index (κ1) is 16.8. The van der Waals surface area contributed by atoms with Crippen LogP contribution in [0.4, 0.5) is 8.78 Å². The Hall–Kier alpha value is -1.59. The molecule has 0 fully saturated rings. The van der Waals surface area contributed by atoms with E-state index in [0.29, 0.717) is 5.75 Å². The van der Waals surface area contributed by atoms with Crippen molar-refractivity contribution in [3.8, 4) is 0 Å². The number of benzene rings is 2. The lowest BCUT2D eigenvalue weighted by molar-refractivity contribution is 0.0600. The number of hydrogen-bond donors (Lipinski definition) is 0. The minimum atomic E-state index is -2.71. The molecule has 2 nitrogen and oxygen atoms in total. The van der Waals surface area contributed by atoms with Crippen molar-refractivity contribution < 1.29 is 18.3 Å². The van der Waals surface area contributed by atoms with Crippen LogP contribution in [0.15, 0.2) is 47.4 Å². The number of hydrogen-bond acceptors (Lipinski definition) is 3. The summed E-state index contributed by atoms with van der Waals surface area (Å²) >= 11 is 7.12. The average molecular weight is 343 g/mol. The summed E-state index contributed by atoms with van der Waals surface area (Å²) in [5.41, 5.74) is 0.898. The molecule has 0 saturated carbocycles. The Morgan fingerprint density at radius 1 is 1.27 bits per heavy atom. The number of halogens is 3. The molecule has 0 spiro atoms. The van der Waals surface area contributed by atoms with Gasteiger partial charge in [0, 0.05) is 16.2 Å². The van der Waals surface area contributed by atoms with E-state index in [1.807, 2.05) is 30.3 Å². The number of carbonyl (C=O) groups is 1. The molecule has 0 saturated heterocycles. The van der Waals surface area contributed by atoms with E-state index in [1.165, 1.54) is 31.0 Å². The highest BCUT2D eigenvalue weighted by Crippen LogP contribution is 2.38. The number of rotatable bonds is 5. The molecule has 0 aliphatic rings. The lowest BCUT2D eigenvalue weighted by Gasteiger charge is -2.12. The molecule has 0 unspecified atom stereocenters. The van der Waals surface area contributed by atoms with E-state index >= 15 is 0 Å². The largest absolute Gasteiger partial charge is 0.465 e. The second-order valence-electron chi connectivity index (χ2n) is 4.44. The fourth-order valence-electron chi connectivity index (χ4n) is 1.89. The van der Waals surface area contributed by atoms with Crippen molar-refractivity contribution in [3.63, 3.8) is 0 Å². The fourth-order valence-corrected chi connectivity index (χ4v) is 3.33. The summed E-state index contributed by atoms with van der Waals surface area (Å²) in [4.78, 5) is 11.9. The molecular weight excluding hydrogens is 330 g/mol. The topological polar surface area (TPSA) is 26.3 Å². The molecule has 0 radical (unpaired) electrons. The minimum absolute atomic E-state index is 0.131. The number of thioether (sulfide) groups is 1. The van der Waals surface area contributed by atoms with Crippen LogP contribution in [0.25, 0.3) is 0 Å². The van der Waals surface area contributed by atoms with Gasteiger partial charge in [-0.1, -0.05) is 41.9 Å². The Morgan fingerprint density at radius 3 is 2.55 bits per heavy atom. The summed E-state index contributed by atoms with van der Waals surface area (Å²) in [6.07, 6.45) is -2.71. The number of methoxy groups -OCH3 is 1. The van der Waals surface area contributed by atoms with E-state index in [4.69, 9.17) is 11.6 Å². The second kappa shape index (κ2) is 7.61. The Morgan fingerprint density at radius 2 is 1.95 bits per heavy atom. The third kappa shape index (κ3) is 3.99. The van der Waals surface area contributed by atoms with Crippen LogP contribution in [-0.2, 0) is 10.5 Å². The zero-order chi connectivity index (χ0) is 16.1. The number of alkyl halides is 2. The van der Waals surface area contributed by atoms with Gasteiger partial charge in [-0.3, -0.25) is 0 Å². The van der Waals surface area contributed by atoms with E-state index in [2.05, 4.69) is 4.74 Å². The quantitative estimate of drug-likeness (QED) is 0.540. The maximum Gasteiger partial charge on any atom is 0.337 e. The van der Waals surface area contributed by atoms with Crippen molar-refractivity contribution in [3.05, 3.63) is 64.2 Å². The van der Waals surface area contributed by atoms with Gasteiger partial charge < -0.3 is 4.74 Å². The van der Waals surface area contributed by atoms with Gasteiger partial charge in [0.25, 0.3) is 6.43 Å². The third-order valence-corrected chi connectivity index (χ3v) is 4.41. The first-order valence-electron chi connectivity index (χ1n) is 6.39. The molecule has 0 heterocycles. The number of carbonyl (C=O) groups excluding carboxylic acids is 1. The van der Waals surface area contributed by atoms with Gasteiger partial charge >= 0.3 is 5.97 Å². The molecule has 0 aliphatic heterocycles. The third-order valence-electron chi connectivity index (χ3n) is 2.97. The van der Waals surface area contributed by atoms with Crippen LogP contribution in [0.5, 0.6) is 0 Å². The van der Waals surface area contributed by atoms with Crippen molar-refractivity contribution in [2.24, 2.45) is 0 Å². The smallest absolute Gasteiger partial charge is 0.337 e. The summed E-state index contributed by atoms with van der Waals surface area (Å²) < 4.78 is 31.0. The molecule has 0 N–H and O–H groups in total. The standard InChI is InChI=1S/C16H13ClF2O2S/c1-21-16(20)11-7-12(17)14(15(18)19)13(8-11)22-9-10-5-3-2-4-6-10/h2-8,15H,9H2,1H3. The molecular formula is C16H13ClF2O2S. The van der Waals surface area contributed by atoms with Crippen molar-refractivity contribution in [2.45, 2.75) is 17.1 Å². The molecule has 0 atom stereocenters. The Kier molecular flexibility index (Phi) is 5.80. The van der Waals surface area contributed by atoms with Gasteiger partial charge in [0.2, 0.25) is 0 Å². The van der Waals surface area contributed by atoms with E-state index in [0.717, 1.165) is 5.56 Å². The Labute approximate surface area is 136 Å². The molecule has 2 aromatic carbocycles. The summed E-state index contributed by atoms with van der Waals surface area (Å²) in [7, 11) is 1.23. The molecule has 6 heteroatoms. The highest BCUT2D eigenvalue weighted by molar-refractivity contribution is 7.98. The molecule has 0 aromatic heterocycles. The van der Waals surface area contributed by atoms with Gasteiger partial charge in [0.05, 0.1) is 17.7 Å². The lowest BCUT2D eigenvalue weighted by atomic mass is 10.1. The summed E-state index contributed by atoms with van der Waals surface area (Å²) in [5, 5.41) is -0.131. The SMILES string of the molecule is COC(=O)c1cc(Cl)c(C(F)F)c(SCc2ccccc2)c1. The van der Waals surface area contributed by atoms with Crippen molar-refractivity contribution in [1.82, 2.24) is 0 Å². The van der Waals surface area contributed by atoms with E-state index in [-0.39, 0.29) is 21.0 Å². The van der Waals surface area contributed by atoms with E-state index in [9.17, 15) is 13.6 Å².